The summed E-state index contributed by atoms with van der Waals surface area (Å²) in [4.78, 5) is 35.1. The maximum atomic E-state index is 12.6. The SMILES string of the molecule is CCN(CCCS(=O)(=O)[O-])c1ccc2cc(/C=C/c3cc[n+](CCCCCC(=O)O)cc3)c(=O)oc2c1.C[N+](C)(C)CC(=O)O. The normalized spacial score (nSPS) is 11.8. The van der Waals surface area contributed by atoms with Crippen molar-refractivity contribution >= 4 is 50.9 Å². The van der Waals surface area contributed by atoms with Crippen LogP contribution in [0.3, 0.4) is 0 Å². The zero-order chi connectivity index (χ0) is 33.6. The van der Waals surface area contributed by atoms with E-state index in [0.29, 0.717) is 35.1 Å². The number of unbranched alkanes of at least 4 members (excludes halogenated alkanes) is 2. The number of anilines is 1. The molecule has 0 saturated carbocycles. The van der Waals surface area contributed by atoms with Gasteiger partial charge in [-0.05, 0) is 56.0 Å². The van der Waals surface area contributed by atoms with Crippen LogP contribution < -0.4 is 15.1 Å². The number of carboxylic acid groups (broad SMARTS) is 2. The van der Waals surface area contributed by atoms with E-state index in [1.54, 1.807) is 18.2 Å². The maximum Gasteiger partial charge on any atom is 0.359 e. The molecule has 0 saturated heterocycles. The first-order valence-corrected chi connectivity index (χ1v) is 16.3. The van der Waals surface area contributed by atoms with E-state index in [0.717, 1.165) is 36.0 Å². The van der Waals surface area contributed by atoms with Crippen LogP contribution in [0.15, 0.2) is 58.0 Å². The van der Waals surface area contributed by atoms with E-state index < -0.39 is 33.4 Å². The number of fused-ring (bicyclic) bond motifs is 1. The van der Waals surface area contributed by atoms with Crippen LogP contribution in [0.25, 0.3) is 23.1 Å². The van der Waals surface area contributed by atoms with Crippen molar-refractivity contribution in [3.8, 4) is 0 Å². The van der Waals surface area contributed by atoms with Crippen molar-refractivity contribution in [1.29, 1.82) is 0 Å². The van der Waals surface area contributed by atoms with Crippen molar-refractivity contribution < 1.29 is 46.2 Å². The number of quaternary nitrogens is 1. The smallest absolute Gasteiger partial charge is 0.359 e. The van der Waals surface area contributed by atoms with Crippen LogP contribution in [0.5, 0.6) is 0 Å². The summed E-state index contributed by atoms with van der Waals surface area (Å²) >= 11 is 0. The molecule has 0 unspecified atom stereocenters. The topological polar surface area (TPSA) is 169 Å². The van der Waals surface area contributed by atoms with Crippen molar-refractivity contribution in [3.63, 3.8) is 0 Å². The highest BCUT2D eigenvalue weighted by Crippen LogP contribution is 2.23. The number of aromatic nitrogens is 1. The third-order valence-corrected chi connectivity index (χ3v) is 7.39. The Labute approximate surface area is 264 Å². The molecule has 0 bridgehead atoms. The van der Waals surface area contributed by atoms with Crippen molar-refractivity contribution in [3.05, 3.63) is 70.3 Å². The molecule has 0 aliphatic rings. The zero-order valence-electron chi connectivity index (χ0n) is 26.3. The number of hydrogen-bond donors (Lipinski definition) is 2. The first-order chi connectivity index (χ1) is 21.1. The Bertz CT molecular complexity index is 1610. The Hall–Kier alpha value is -4.07. The largest absolute Gasteiger partial charge is 0.748 e. The summed E-state index contributed by atoms with van der Waals surface area (Å²) in [5.74, 6) is -1.93. The van der Waals surface area contributed by atoms with Crippen molar-refractivity contribution in [2.24, 2.45) is 0 Å². The van der Waals surface area contributed by atoms with E-state index in [1.807, 2.05) is 80.3 Å². The molecule has 0 fully saturated rings. The number of likely N-dealkylation sites (N-methyl/N-ethyl adjacent to an activating group) is 1. The number of carboxylic acids is 2. The Morgan fingerprint density at radius 3 is 2.22 bits per heavy atom. The van der Waals surface area contributed by atoms with Gasteiger partial charge < -0.3 is 28.6 Å². The average Bonchev–Trinajstić information content (AvgIpc) is 2.93. The summed E-state index contributed by atoms with van der Waals surface area (Å²) in [6, 6.07) is 11.1. The van der Waals surface area contributed by atoms with E-state index in [9.17, 15) is 27.4 Å². The van der Waals surface area contributed by atoms with Crippen LogP contribution in [-0.4, -0.2) is 86.1 Å². The van der Waals surface area contributed by atoms with Crippen LogP contribution in [0.4, 0.5) is 5.69 Å². The van der Waals surface area contributed by atoms with Crippen molar-refractivity contribution in [2.75, 3.05) is 51.4 Å². The number of pyridine rings is 1. The molecule has 3 aromatic rings. The van der Waals surface area contributed by atoms with Gasteiger partial charge in [0.15, 0.2) is 18.9 Å². The molecule has 0 aliphatic carbocycles. The standard InChI is InChI=1S/C27H32N2O7S.C5H11NO2/c1-2-29(15-6-18-37(33,34)35)24-11-10-22-19-23(27(32)36-25(22)20-24)9-8-21-12-16-28(17-13-21)14-5-3-4-7-26(30)31;1-6(2,3)4-5(7)8/h8-13,16-17,19-20H,2-7,14-15,18H2,1H3,(H-,30,31,33,34,35);4H2,1-3H3/p+1. The van der Waals surface area contributed by atoms with Gasteiger partial charge in [-0.3, -0.25) is 4.79 Å². The van der Waals surface area contributed by atoms with Gasteiger partial charge in [-0.2, -0.15) is 0 Å². The molecule has 1 aromatic carbocycles. The number of hydrogen-bond acceptors (Lipinski definition) is 8. The van der Waals surface area contributed by atoms with E-state index in [2.05, 4.69) is 0 Å². The summed E-state index contributed by atoms with van der Waals surface area (Å²) in [7, 11) is 1.27. The van der Waals surface area contributed by atoms with Gasteiger partial charge in [-0.1, -0.05) is 6.08 Å². The lowest BCUT2D eigenvalue weighted by Gasteiger charge is -2.23. The molecule has 12 nitrogen and oxygen atoms in total. The first kappa shape index (κ1) is 37.1. The van der Waals surface area contributed by atoms with Crippen LogP contribution in [0.1, 0.15) is 50.2 Å². The molecule has 45 heavy (non-hydrogen) atoms. The van der Waals surface area contributed by atoms with Gasteiger partial charge in [-0.15, -0.1) is 0 Å². The Morgan fingerprint density at radius 1 is 0.978 bits per heavy atom. The molecule has 2 aromatic heterocycles. The lowest BCUT2D eigenvalue weighted by molar-refractivity contribution is -0.862. The predicted molar refractivity (Wildman–Crippen MR) is 172 cm³/mol. The van der Waals surface area contributed by atoms with Crippen LogP contribution in [0, 0.1) is 0 Å². The first-order valence-electron chi connectivity index (χ1n) is 14.7. The summed E-state index contributed by atoms with van der Waals surface area (Å²) in [6.45, 7) is 3.92. The molecule has 0 spiro atoms. The molecule has 2 heterocycles. The molecule has 3 rings (SSSR count). The number of nitrogens with zero attached hydrogens (tertiary/aromatic N) is 3. The summed E-state index contributed by atoms with van der Waals surface area (Å²) < 4.78 is 40.7. The zero-order valence-corrected chi connectivity index (χ0v) is 27.2. The number of carbonyl (C=O) groups is 2. The lowest BCUT2D eigenvalue weighted by Crippen LogP contribution is -2.39. The van der Waals surface area contributed by atoms with Gasteiger partial charge in [0.05, 0.1) is 36.8 Å². The number of benzene rings is 1. The van der Waals surface area contributed by atoms with E-state index >= 15 is 0 Å². The molecule has 13 heteroatoms. The molecule has 0 amide bonds. The van der Waals surface area contributed by atoms with Crippen LogP contribution in [-0.2, 0) is 26.3 Å². The molecule has 0 atom stereocenters. The van der Waals surface area contributed by atoms with Gasteiger partial charge >= 0.3 is 17.6 Å². The van der Waals surface area contributed by atoms with Gasteiger partial charge in [-0.25, -0.2) is 22.6 Å². The van der Waals surface area contributed by atoms with Crippen molar-refractivity contribution in [1.82, 2.24) is 0 Å². The predicted octanol–water partition coefficient (Wildman–Crippen LogP) is 3.43. The lowest BCUT2D eigenvalue weighted by atomic mass is 10.1. The van der Waals surface area contributed by atoms with E-state index in [4.69, 9.17) is 14.6 Å². The number of aryl methyl sites for hydroxylation is 1. The number of aliphatic carboxylic acids is 2. The Balaban J connectivity index is 0.000000777. The highest BCUT2D eigenvalue weighted by molar-refractivity contribution is 7.85. The molecule has 0 aliphatic heterocycles. The fourth-order valence-electron chi connectivity index (χ4n) is 4.40. The van der Waals surface area contributed by atoms with Gasteiger partial charge in [0.25, 0.3) is 0 Å². The van der Waals surface area contributed by atoms with Gasteiger partial charge in [0.2, 0.25) is 0 Å². The maximum absolute atomic E-state index is 12.6. The summed E-state index contributed by atoms with van der Waals surface area (Å²) in [5, 5.41) is 17.7. The van der Waals surface area contributed by atoms with Crippen molar-refractivity contribution in [2.45, 2.75) is 45.6 Å². The van der Waals surface area contributed by atoms with Crippen LogP contribution in [0.2, 0.25) is 0 Å². The molecule has 2 N–H and O–H groups in total. The minimum atomic E-state index is -4.25. The fraction of sp³-hybridized carbons (Fsp3) is 0.438. The Kier molecular flexibility index (Phi) is 14.4. The summed E-state index contributed by atoms with van der Waals surface area (Å²) in [5.41, 5.74) is 2.09. The average molecular weight is 647 g/mol. The van der Waals surface area contributed by atoms with E-state index in [-0.39, 0.29) is 19.4 Å². The molecular formula is C32H44N3O9S+. The Morgan fingerprint density at radius 2 is 1.67 bits per heavy atom. The van der Waals surface area contributed by atoms with Gasteiger partial charge in [0, 0.05) is 61.0 Å². The fourth-order valence-corrected chi connectivity index (χ4v) is 4.88. The highest BCUT2D eigenvalue weighted by atomic mass is 32.2. The minimum Gasteiger partial charge on any atom is -0.748 e. The second-order valence-electron chi connectivity index (χ2n) is 11.7. The van der Waals surface area contributed by atoms with E-state index in [1.165, 1.54) is 0 Å². The molecule has 246 valence electrons. The summed E-state index contributed by atoms with van der Waals surface area (Å²) in [6.07, 6.45) is 10.3. The third-order valence-electron chi connectivity index (χ3n) is 6.60. The van der Waals surface area contributed by atoms with Crippen LogP contribution >= 0.6 is 0 Å². The number of rotatable bonds is 16. The molecule has 0 radical (unpaired) electrons. The monoisotopic (exact) mass is 646 g/mol. The third kappa shape index (κ3) is 15.0. The minimum absolute atomic E-state index is 0.181. The quantitative estimate of drug-likeness (QED) is 0.0773. The molecular weight excluding hydrogens is 602 g/mol. The second-order valence-corrected chi connectivity index (χ2v) is 13.2. The van der Waals surface area contributed by atoms with Gasteiger partial charge in [0.1, 0.15) is 12.1 Å². The second kappa shape index (κ2) is 17.4. The highest BCUT2D eigenvalue weighted by Gasteiger charge is 2.12.